The molecule has 1 saturated carbocycles. The van der Waals surface area contributed by atoms with Gasteiger partial charge in [-0.3, -0.25) is 9.59 Å². The number of fused-ring (bicyclic) bond motifs is 1. The molecule has 3 rings (SSSR count). The van der Waals surface area contributed by atoms with Gasteiger partial charge in [0, 0.05) is 6.54 Å². The number of carbonyl (C=O) groups excluding carboxylic acids is 1. The number of nitrogens with one attached hydrogen (secondary N) is 1. The van der Waals surface area contributed by atoms with E-state index in [1.54, 1.807) is 0 Å². The van der Waals surface area contributed by atoms with Crippen molar-refractivity contribution in [2.75, 3.05) is 6.54 Å². The van der Waals surface area contributed by atoms with Gasteiger partial charge in [0.2, 0.25) is 17.0 Å². The maximum atomic E-state index is 14.1. The molecule has 0 spiro atoms. The van der Waals surface area contributed by atoms with Crippen molar-refractivity contribution in [2.45, 2.75) is 31.3 Å². The lowest BCUT2D eigenvalue weighted by molar-refractivity contribution is 0.0442. The van der Waals surface area contributed by atoms with Crippen molar-refractivity contribution in [3.8, 4) is 5.75 Å². The molecule has 0 radical (unpaired) electrons. The first-order chi connectivity index (χ1) is 10.9. The van der Waals surface area contributed by atoms with Gasteiger partial charge in [0.1, 0.15) is 0 Å². The van der Waals surface area contributed by atoms with Gasteiger partial charge in [-0.15, -0.1) is 0 Å². The zero-order valence-electron chi connectivity index (χ0n) is 12.3. The summed E-state index contributed by atoms with van der Waals surface area (Å²) in [5, 5.41) is 22.1. The number of aromatic hydroxyl groups is 1. The Morgan fingerprint density at radius 3 is 2.74 bits per heavy atom. The maximum Gasteiger partial charge on any atom is 0.290 e. The van der Waals surface area contributed by atoms with E-state index in [4.69, 9.17) is 4.42 Å². The summed E-state index contributed by atoms with van der Waals surface area (Å²) in [5.74, 6) is -3.42. The van der Waals surface area contributed by atoms with E-state index in [0.717, 1.165) is 12.8 Å². The van der Waals surface area contributed by atoms with Gasteiger partial charge in [0.15, 0.2) is 11.3 Å². The van der Waals surface area contributed by atoms with Crippen LogP contribution in [0.2, 0.25) is 0 Å². The number of hydrogen-bond acceptors (Lipinski definition) is 5. The molecule has 1 aromatic carbocycles. The van der Waals surface area contributed by atoms with Crippen LogP contribution in [0.3, 0.4) is 0 Å². The summed E-state index contributed by atoms with van der Waals surface area (Å²) in [5.41, 5.74) is -2.28. The molecule has 3 N–H and O–H groups in total. The fourth-order valence-corrected chi connectivity index (χ4v) is 2.86. The third kappa shape index (κ3) is 2.79. The largest absolute Gasteiger partial charge is 0.504 e. The number of phenols is 1. The van der Waals surface area contributed by atoms with Crippen LogP contribution in [0.5, 0.6) is 5.75 Å². The zero-order valence-corrected chi connectivity index (χ0v) is 12.3. The molecule has 1 fully saturated rings. The predicted octanol–water partition coefficient (Wildman–Crippen LogP) is 1.67. The molecule has 23 heavy (non-hydrogen) atoms. The molecular formula is C16H16FNO5. The van der Waals surface area contributed by atoms with Gasteiger partial charge >= 0.3 is 0 Å². The van der Waals surface area contributed by atoms with Gasteiger partial charge in [0.05, 0.1) is 11.0 Å². The van der Waals surface area contributed by atoms with E-state index in [0.29, 0.717) is 12.8 Å². The number of carbonyl (C=O) groups is 1. The Morgan fingerprint density at radius 2 is 2.04 bits per heavy atom. The summed E-state index contributed by atoms with van der Waals surface area (Å²) in [6, 6.07) is 3.95. The Bertz CT molecular complexity index is 823. The molecule has 0 unspecified atom stereocenters. The van der Waals surface area contributed by atoms with Crippen molar-refractivity contribution in [3.63, 3.8) is 0 Å². The summed E-state index contributed by atoms with van der Waals surface area (Å²) < 4.78 is 19.2. The summed E-state index contributed by atoms with van der Waals surface area (Å²) >= 11 is 0. The average molecular weight is 321 g/mol. The van der Waals surface area contributed by atoms with Crippen LogP contribution in [0.15, 0.2) is 27.4 Å². The third-order valence-electron chi connectivity index (χ3n) is 4.16. The molecule has 0 bridgehead atoms. The normalized spacial score (nSPS) is 16.6. The second-order valence-corrected chi connectivity index (χ2v) is 5.84. The quantitative estimate of drug-likeness (QED) is 0.798. The maximum absolute atomic E-state index is 14.1. The van der Waals surface area contributed by atoms with Crippen molar-refractivity contribution < 1.29 is 23.8 Å². The van der Waals surface area contributed by atoms with Crippen LogP contribution in [-0.4, -0.2) is 28.3 Å². The van der Waals surface area contributed by atoms with Crippen LogP contribution >= 0.6 is 0 Å². The lowest BCUT2D eigenvalue weighted by atomic mass is 10.0. The Kier molecular flexibility index (Phi) is 3.81. The molecule has 1 aliphatic rings. The van der Waals surface area contributed by atoms with E-state index < -0.39 is 28.5 Å². The minimum atomic E-state index is -1.32. The molecule has 1 heterocycles. The molecule has 6 nitrogen and oxygen atoms in total. The third-order valence-corrected chi connectivity index (χ3v) is 4.16. The van der Waals surface area contributed by atoms with E-state index in [-0.39, 0.29) is 23.3 Å². The number of amides is 1. The van der Waals surface area contributed by atoms with E-state index in [2.05, 4.69) is 5.32 Å². The molecule has 1 aliphatic carbocycles. The molecule has 1 amide bonds. The lowest BCUT2D eigenvalue weighted by Crippen LogP contribution is -2.41. The first-order valence-electron chi connectivity index (χ1n) is 7.36. The highest BCUT2D eigenvalue weighted by Gasteiger charge is 2.32. The van der Waals surface area contributed by atoms with Crippen LogP contribution < -0.4 is 10.7 Å². The Labute approximate surface area is 130 Å². The van der Waals surface area contributed by atoms with Crippen LogP contribution in [0.25, 0.3) is 11.0 Å². The number of para-hydroxylation sites is 1. The van der Waals surface area contributed by atoms with Gasteiger partial charge in [-0.2, -0.15) is 4.39 Å². The Balaban J connectivity index is 1.93. The van der Waals surface area contributed by atoms with Crippen molar-refractivity contribution in [3.05, 3.63) is 40.0 Å². The van der Waals surface area contributed by atoms with Crippen LogP contribution in [-0.2, 0) is 0 Å². The van der Waals surface area contributed by atoms with E-state index in [9.17, 15) is 24.2 Å². The van der Waals surface area contributed by atoms with Gasteiger partial charge in [-0.1, -0.05) is 18.9 Å². The van der Waals surface area contributed by atoms with Gasteiger partial charge in [-0.25, -0.2) is 0 Å². The molecule has 0 saturated heterocycles. The summed E-state index contributed by atoms with van der Waals surface area (Å²) in [4.78, 5) is 24.0. The fraction of sp³-hybridized carbons (Fsp3) is 0.375. The van der Waals surface area contributed by atoms with E-state index in [1.807, 2.05) is 0 Å². The molecule has 2 aromatic rings. The minimum absolute atomic E-state index is 0.0478. The topological polar surface area (TPSA) is 99.8 Å². The summed E-state index contributed by atoms with van der Waals surface area (Å²) in [7, 11) is 0. The molecule has 122 valence electrons. The van der Waals surface area contributed by atoms with Crippen molar-refractivity contribution in [1.29, 1.82) is 0 Å². The predicted molar refractivity (Wildman–Crippen MR) is 79.9 cm³/mol. The average Bonchev–Trinajstić information content (AvgIpc) is 2.96. The van der Waals surface area contributed by atoms with Crippen molar-refractivity contribution in [1.82, 2.24) is 5.32 Å². The molecule has 1 aromatic heterocycles. The number of hydrogen-bond donors (Lipinski definition) is 3. The number of aliphatic hydroxyl groups is 1. The van der Waals surface area contributed by atoms with Crippen molar-refractivity contribution >= 4 is 16.9 Å². The van der Waals surface area contributed by atoms with Crippen LogP contribution in [0.1, 0.15) is 36.2 Å². The molecule has 7 heteroatoms. The first-order valence-corrected chi connectivity index (χ1v) is 7.36. The van der Waals surface area contributed by atoms with Gasteiger partial charge < -0.3 is 19.9 Å². The smallest absolute Gasteiger partial charge is 0.290 e. The highest BCUT2D eigenvalue weighted by atomic mass is 19.1. The highest BCUT2D eigenvalue weighted by Crippen LogP contribution is 2.29. The minimum Gasteiger partial charge on any atom is -0.504 e. The molecule has 0 aliphatic heterocycles. The van der Waals surface area contributed by atoms with E-state index in [1.165, 1.54) is 18.2 Å². The van der Waals surface area contributed by atoms with Crippen LogP contribution in [0.4, 0.5) is 4.39 Å². The van der Waals surface area contributed by atoms with Crippen LogP contribution in [0, 0.1) is 5.82 Å². The standard InChI is InChI=1S/C16H16FNO5/c17-11-12(20)9-4-3-5-10(19)13(9)23-14(11)15(21)18-8-16(22)6-1-2-7-16/h3-5,19,22H,1-2,6-8H2,(H,18,21). The zero-order chi connectivity index (χ0) is 16.6. The second-order valence-electron chi connectivity index (χ2n) is 5.84. The number of rotatable bonds is 3. The molecular weight excluding hydrogens is 305 g/mol. The second kappa shape index (κ2) is 5.66. The number of phenolic OH excluding ortho intramolecular Hbond substituents is 1. The highest BCUT2D eigenvalue weighted by molar-refractivity contribution is 5.94. The first kappa shape index (κ1) is 15.5. The summed E-state index contributed by atoms with van der Waals surface area (Å²) in [6.07, 6.45) is 2.83. The Hall–Kier alpha value is -2.41. The summed E-state index contributed by atoms with van der Waals surface area (Å²) in [6.45, 7) is -0.0478. The SMILES string of the molecule is O=C(NCC1(O)CCCC1)c1oc2c(O)cccc2c(=O)c1F. The Morgan fingerprint density at radius 1 is 1.35 bits per heavy atom. The fourth-order valence-electron chi connectivity index (χ4n) is 2.86. The van der Waals surface area contributed by atoms with Crippen molar-refractivity contribution in [2.24, 2.45) is 0 Å². The number of halogens is 1. The number of benzene rings is 1. The molecule has 0 atom stereocenters. The van der Waals surface area contributed by atoms with E-state index >= 15 is 0 Å². The van der Waals surface area contributed by atoms with Gasteiger partial charge in [-0.05, 0) is 25.0 Å². The van der Waals surface area contributed by atoms with Gasteiger partial charge in [0.25, 0.3) is 5.91 Å². The monoisotopic (exact) mass is 321 g/mol. The lowest BCUT2D eigenvalue weighted by Gasteiger charge is -2.22.